The van der Waals surface area contributed by atoms with Crippen LogP contribution in [0.2, 0.25) is 0 Å². The van der Waals surface area contributed by atoms with E-state index in [1.807, 2.05) is 30.3 Å². The molecular formula is C17H22N2O4S. The van der Waals surface area contributed by atoms with Gasteiger partial charge in [0.2, 0.25) is 0 Å². The molecule has 0 aromatic heterocycles. The lowest BCUT2D eigenvalue weighted by atomic mass is 10.0. The number of carbonyl (C=O) groups is 2. The first-order valence-corrected chi connectivity index (χ1v) is 9.65. The molecule has 2 aliphatic heterocycles. The summed E-state index contributed by atoms with van der Waals surface area (Å²) in [6.07, 6.45) is 2.63. The maximum atomic E-state index is 12.1. The Balaban J connectivity index is 1.34. The van der Waals surface area contributed by atoms with Crippen molar-refractivity contribution in [2.45, 2.75) is 49.6 Å². The van der Waals surface area contributed by atoms with E-state index in [1.54, 1.807) is 0 Å². The number of unbranched alkanes of at least 4 members (excludes halogenated alkanes) is 1. The van der Waals surface area contributed by atoms with Crippen molar-refractivity contribution in [1.82, 2.24) is 10.6 Å². The van der Waals surface area contributed by atoms with Gasteiger partial charge in [0.05, 0.1) is 17.3 Å². The van der Waals surface area contributed by atoms with Crippen LogP contribution in [0.4, 0.5) is 4.79 Å². The summed E-state index contributed by atoms with van der Waals surface area (Å²) in [6.45, 7) is 0.299. The average molecular weight is 350 g/mol. The molecule has 0 unspecified atom stereocenters. The Morgan fingerprint density at radius 1 is 1.21 bits per heavy atom. The van der Waals surface area contributed by atoms with Crippen molar-refractivity contribution in [2.24, 2.45) is 0 Å². The number of amides is 2. The molecule has 130 valence electrons. The smallest absolute Gasteiger partial charge is 0.315 e. The fraction of sp³-hybridized carbons (Fsp3) is 0.529. The average Bonchev–Trinajstić information content (AvgIpc) is 3.06. The van der Waals surface area contributed by atoms with Gasteiger partial charge in [0, 0.05) is 23.0 Å². The molecule has 2 saturated heterocycles. The Morgan fingerprint density at radius 2 is 2.00 bits per heavy atom. The van der Waals surface area contributed by atoms with Gasteiger partial charge in [-0.1, -0.05) is 36.8 Å². The van der Waals surface area contributed by atoms with Crippen LogP contribution in [0.25, 0.3) is 0 Å². The molecule has 24 heavy (non-hydrogen) atoms. The first kappa shape index (κ1) is 17.0. The van der Waals surface area contributed by atoms with Gasteiger partial charge < -0.3 is 15.4 Å². The quantitative estimate of drug-likeness (QED) is 0.443. The molecule has 0 aliphatic carbocycles. The van der Waals surface area contributed by atoms with Gasteiger partial charge >= 0.3 is 12.0 Å². The van der Waals surface area contributed by atoms with Crippen LogP contribution in [0, 0.1) is 0 Å². The monoisotopic (exact) mass is 350 g/mol. The molecule has 1 aromatic carbocycles. The van der Waals surface area contributed by atoms with E-state index in [0.29, 0.717) is 25.2 Å². The molecular weight excluding hydrogens is 328 g/mol. The Labute approximate surface area is 143 Å². The minimum Gasteiger partial charge on any atom is -0.461 e. The lowest BCUT2D eigenvalue weighted by molar-refractivity contribution is -0.145. The first-order chi connectivity index (χ1) is 11.6. The second kappa shape index (κ2) is 7.79. The lowest BCUT2D eigenvalue weighted by Gasteiger charge is -2.15. The number of hydrogen-bond acceptors (Lipinski definition) is 4. The molecule has 7 heteroatoms. The minimum absolute atomic E-state index is 0.0147. The maximum Gasteiger partial charge on any atom is 0.315 e. The topological polar surface area (TPSA) is 84.5 Å². The number of ether oxygens (including phenoxy) is 1. The number of esters is 1. The minimum atomic E-state index is -0.920. The number of rotatable bonds is 7. The van der Waals surface area contributed by atoms with Crippen molar-refractivity contribution in [1.29, 1.82) is 0 Å². The molecule has 0 spiro atoms. The van der Waals surface area contributed by atoms with E-state index in [1.165, 1.54) is 0 Å². The Bertz CT molecular complexity index is 622. The molecule has 2 fully saturated rings. The van der Waals surface area contributed by atoms with E-state index in [9.17, 15) is 13.8 Å². The fourth-order valence-electron chi connectivity index (χ4n) is 3.25. The van der Waals surface area contributed by atoms with E-state index in [0.717, 1.165) is 18.4 Å². The molecule has 3 rings (SSSR count). The Kier molecular flexibility index (Phi) is 5.50. The number of benzene rings is 1. The van der Waals surface area contributed by atoms with Gasteiger partial charge in [-0.25, -0.2) is 4.79 Å². The normalized spacial score (nSPS) is 28.1. The van der Waals surface area contributed by atoms with Crippen LogP contribution in [0.1, 0.15) is 31.2 Å². The highest BCUT2D eigenvalue weighted by Crippen LogP contribution is 2.25. The number of nitrogens with one attached hydrogen (secondary N) is 2. The zero-order valence-corrected chi connectivity index (χ0v) is 14.2. The summed E-state index contributed by atoms with van der Waals surface area (Å²) in [7, 11) is -0.920. The van der Waals surface area contributed by atoms with Crippen molar-refractivity contribution >= 4 is 22.8 Å². The zero-order chi connectivity index (χ0) is 16.9. The van der Waals surface area contributed by atoms with Crippen LogP contribution in [-0.2, 0) is 26.9 Å². The van der Waals surface area contributed by atoms with Crippen molar-refractivity contribution in [3.8, 4) is 0 Å². The third-order valence-electron chi connectivity index (χ3n) is 4.49. The summed E-state index contributed by atoms with van der Waals surface area (Å²) in [5, 5.41) is 5.63. The van der Waals surface area contributed by atoms with Crippen LogP contribution in [0.15, 0.2) is 30.3 Å². The van der Waals surface area contributed by atoms with Crippen LogP contribution in [0.5, 0.6) is 0 Å². The lowest BCUT2D eigenvalue weighted by Crippen LogP contribution is -2.38. The van der Waals surface area contributed by atoms with E-state index in [4.69, 9.17) is 4.74 Å². The first-order valence-electron chi connectivity index (χ1n) is 8.27. The summed E-state index contributed by atoms with van der Waals surface area (Å²) in [4.78, 5) is 23.1. The highest BCUT2D eigenvalue weighted by Gasteiger charge is 2.46. The molecule has 0 saturated carbocycles. The van der Waals surface area contributed by atoms with Gasteiger partial charge in [-0.15, -0.1) is 0 Å². The molecule has 2 N–H and O–H groups in total. The SMILES string of the molecule is O=C1N[C@H]2[C@H](C[S@@](=O)[C@H]2CCCCC(=O)OCc2ccccc2)N1. The van der Waals surface area contributed by atoms with E-state index < -0.39 is 10.8 Å². The number of hydrogen-bond donors (Lipinski definition) is 2. The molecule has 4 atom stereocenters. The predicted molar refractivity (Wildman–Crippen MR) is 90.7 cm³/mol. The molecule has 0 bridgehead atoms. The molecule has 2 heterocycles. The Hall–Kier alpha value is -1.89. The summed E-state index contributed by atoms with van der Waals surface area (Å²) in [5.74, 6) is 0.313. The van der Waals surface area contributed by atoms with Crippen LogP contribution in [0.3, 0.4) is 0 Å². The second-order valence-corrected chi connectivity index (χ2v) is 7.93. The Morgan fingerprint density at radius 3 is 2.79 bits per heavy atom. The van der Waals surface area contributed by atoms with Crippen LogP contribution >= 0.6 is 0 Å². The van der Waals surface area contributed by atoms with Crippen molar-refractivity contribution in [3.05, 3.63) is 35.9 Å². The third kappa shape index (κ3) is 4.14. The van der Waals surface area contributed by atoms with Gasteiger partial charge in [-0.3, -0.25) is 9.00 Å². The molecule has 1 aromatic rings. The van der Waals surface area contributed by atoms with Gasteiger partial charge in [0.1, 0.15) is 6.61 Å². The van der Waals surface area contributed by atoms with Crippen LogP contribution < -0.4 is 10.6 Å². The maximum absolute atomic E-state index is 12.1. The fourth-order valence-corrected chi connectivity index (χ4v) is 5.16. The van der Waals surface area contributed by atoms with E-state index in [2.05, 4.69) is 10.6 Å². The van der Waals surface area contributed by atoms with E-state index >= 15 is 0 Å². The van der Waals surface area contributed by atoms with E-state index in [-0.39, 0.29) is 29.3 Å². The highest BCUT2D eigenvalue weighted by molar-refractivity contribution is 7.86. The van der Waals surface area contributed by atoms with Crippen molar-refractivity contribution < 1.29 is 18.5 Å². The van der Waals surface area contributed by atoms with Crippen LogP contribution in [-0.4, -0.2) is 39.3 Å². The van der Waals surface area contributed by atoms with Gasteiger partial charge in [0.25, 0.3) is 0 Å². The zero-order valence-electron chi connectivity index (χ0n) is 13.4. The number of fused-ring (bicyclic) bond motifs is 1. The van der Waals surface area contributed by atoms with Gasteiger partial charge in [0.15, 0.2) is 0 Å². The molecule has 2 aliphatic rings. The largest absolute Gasteiger partial charge is 0.461 e. The number of carbonyl (C=O) groups excluding carboxylic acids is 2. The summed E-state index contributed by atoms with van der Waals surface area (Å²) >= 11 is 0. The van der Waals surface area contributed by atoms with Gasteiger partial charge in [-0.05, 0) is 18.4 Å². The summed E-state index contributed by atoms with van der Waals surface area (Å²) in [5.41, 5.74) is 0.975. The standard InChI is InChI=1S/C17H22N2O4S/c20-15(23-10-12-6-2-1-3-7-12)9-5-4-8-14-16-13(11-24(14)22)18-17(21)19-16/h1-3,6-7,13-14,16H,4-5,8-11H2,(H2,18,19,21)/t13-,14-,16-,24+/m0/s1. The summed E-state index contributed by atoms with van der Waals surface area (Å²) in [6, 6.07) is 9.36. The second-order valence-electron chi connectivity index (χ2n) is 6.23. The molecule has 6 nitrogen and oxygen atoms in total. The third-order valence-corrected chi connectivity index (χ3v) is 6.38. The summed E-state index contributed by atoms with van der Waals surface area (Å²) < 4.78 is 17.3. The highest BCUT2D eigenvalue weighted by atomic mass is 32.2. The molecule has 2 amide bonds. The number of urea groups is 1. The van der Waals surface area contributed by atoms with Crippen molar-refractivity contribution in [2.75, 3.05) is 5.75 Å². The predicted octanol–water partition coefficient (Wildman–Crippen LogP) is 1.47. The molecule has 0 radical (unpaired) electrons. The van der Waals surface area contributed by atoms with Gasteiger partial charge in [-0.2, -0.15) is 0 Å². The van der Waals surface area contributed by atoms with Crippen molar-refractivity contribution in [3.63, 3.8) is 0 Å².